The molecule has 2 N–H and O–H groups in total. The Kier molecular flexibility index (Phi) is 4.01. The van der Waals surface area contributed by atoms with Crippen LogP contribution in [0.25, 0.3) is 10.9 Å². The van der Waals surface area contributed by atoms with E-state index in [9.17, 15) is 17.6 Å². The maximum absolute atomic E-state index is 13.9. The van der Waals surface area contributed by atoms with Crippen molar-refractivity contribution in [3.8, 4) is 0 Å². The van der Waals surface area contributed by atoms with Crippen LogP contribution in [0, 0.1) is 5.82 Å². The van der Waals surface area contributed by atoms with Gasteiger partial charge in [-0.3, -0.25) is 0 Å². The number of aromatic nitrogens is 1. The lowest BCUT2D eigenvalue weighted by molar-refractivity contribution is -0.137. The average molecular weight is 290 g/mol. The molecule has 0 bridgehead atoms. The lowest BCUT2D eigenvalue weighted by Gasteiger charge is -2.08. The van der Waals surface area contributed by atoms with Crippen LogP contribution >= 0.6 is 0 Å². The molecule has 0 unspecified atom stereocenters. The minimum Gasteiger partial charge on any atom is -0.395 e. The van der Waals surface area contributed by atoms with Gasteiger partial charge >= 0.3 is 6.18 Å². The van der Waals surface area contributed by atoms with Crippen LogP contribution in [0.4, 0.5) is 17.6 Å². The van der Waals surface area contributed by atoms with Gasteiger partial charge in [0.15, 0.2) is 0 Å². The number of nitrogens with zero attached hydrogens (tertiary/aromatic N) is 1. The lowest BCUT2D eigenvalue weighted by Crippen LogP contribution is -2.17. The van der Waals surface area contributed by atoms with E-state index in [1.165, 1.54) is 4.57 Å². The molecule has 2 rings (SSSR count). The Labute approximate surface area is 112 Å². The summed E-state index contributed by atoms with van der Waals surface area (Å²) in [6.45, 7) is 0.503. The van der Waals surface area contributed by atoms with Crippen molar-refractivity contribution in [3.63, 3.8) is 0 Å². The molecule has 1 aromatic carbocycles. The summed E-state index contributed by atoms with van der Waals surface area (Å²) in [4.78, 5) is 0. The van der Waals surface area contributed by atoms with Gasteiger partial charge in [-0.15, -0.1) is 0 Å². The van der Waals surface area contributed by atoms with Crippen molar-refractivity contribution in [2.45, 2.75) is 12.7 Å². The Balaban J connectivity index is 2.51. The fraction of sp³-hybridized carbons (Fsp3) is 0.385. The molecule has 3 nitrogen and oxygen atoms in total. The van der Waals surface area contributed by atoms with E-state index in [1.807, 2.05) is 0 Å². The van der Waals surface area contributed by atoms with Gasteiger partial charge in [-0.05, 0) is 17.7 Å². The SMILES string of the molecule is Cn1cc(CNCCO)c2cc(C(F)(F)F)cc(F)c21. The molecule has 0 saturated carbocycles. The van der Waals surface area contributed by atoms with Crippen molar-refractivity contribution >= 4 is 10.9 Å². The van der Waals surface area contributed by atoms with Gasteiger partial charge < -0.3 is 15.0 Å². The summed E-state index contributed by atoms with van der Waals surface area (Å²) in [6, 6.07) is 1.46. The van der Waals surface area contributed by atoms with Gasteiger partial charge in [0.1, 0.15) is 5.82 Å². The van der Waals surface area contributed by atoms with Gasteiger partial charge in [-0.25, -0.2) is 4.39 Å². The normalized spacial score (nSPS) is 12.3. The smallest absolute Gasteiger partial charge is 0.395 e. The molecule has 0 radical (unpaired) electrons. The van der Waals surface area contributed by atoms with Crippen LogP contribution < -0.4 is 5.32 Å². The van der Waals surface area contributed by atoms with Crippen molar-refractivity contribution in [3.05, 3.63) is 35.3 Å². The van der Waals surface area contributed by atoms with Crippen LogP contribution in [0.1, 0.15) is 11.1 Å². The third-order valence-electron chi connectivity index (χ3n) is 3.04. The van der Waals surface area contributed by atoms with Crippen molar-refractivity contribution in [1.82, 2.24) is 9.88 Å². The second-order valence-corrected chi connectivity index (χ2v) is 4.52. The van der Waals surface area contributed by atoms with Crippen LogP contribution in [-0.4, -0.2) is 22.8 Å². The molecular formula is C13H14F4N2O. The average Bonchev–Trinajstić information content (AvgIpc) is 2.66. The highest BCUT2D eigenvalue weighted by Crippen LogP contribution is 2.34. The second kappa shape index (κ2) is 5.41. The fourth-order valence-electron chi connectivity index (χ4n) is 2.18. The van der Waals surface area contributed by atoms with Crippen molar-refractivity contribution < 1.29 is 22.7 Å². The molecule has 0 fully saturated rings. The summed E-state index contributed by atoms with van der Waals surface area (Å²) in [5.41, 5.74) is -0.308. The zero-order chi connectivity index (χ0) is 14.9. The number of benzene rings is 1. The van der Waals surface area contributed by atoms with Gasteiger partial charge in [-0.1, -0.05) is 0 Å². The summed E-state index contributed by atoms with van der Waals surface area (Å²) in [7, 11) is 1.58. The Morgan fingerprint density at radius 2 is 2.00 bits per heavy atom. The van der Waals surface area contributed by atoms with Crippen LogP contribution in [0.2, 0.25) is 0 Å². The molecule has 0 atom stereocenters. The summed E-state index contributed by atoms with van der Waals surface area (Å²) >= 11 is 0. The lowest BCUT2D eigenvalue weighted by atomic mass is 10.1. The van der Waals surface area contributed by atoms with E-state index < -0.39 is 17.6 Å². The molecule has 1 aromatic heterocycles. The maximum atomic E-state index is 13.9. The van der Waals surface area contributed by atoms with Crippen molar-refractivity contribution in [2.75, 3.05) is 13.2 Å². The predicted molar refractivity (Wildman–Crippen MR) is 66.7 cm³/mol. The predicted octanol–water partition coefficient (Wildman–Crippen LogP) is 2.42. The number of halogens is 4. The van der Waals surface area contributed by atoms with E-state index in [2.05, 4.69) is 5.32 Å². The monoisotopic (exact) mass is 290 g/mol. The second-order valence-electron chi connectivity index (χ2n) is 4.52. The number of rotatable bonds is 4. The zero-order valence-electron chi connectivity index (χ0n) is 10.8. The molecule has 20 heavy (non-hydrogen) atoms. The van der Waals surface area contributed by atoms with E-state index in [1.54, 1.807) is 13.2 Å². The standard InChI is InChI=1S/C13H14F4N2O/c1-19-7-8(6-18-2-3-20)10-4-9(13(15,16)17)5-11(14)12(10)19/h4-5,7,18,20H,2-3,6H2,1H3. The summed E-state index contributed by atoms with van der Waals surface area (Å²) in [5, 5.41) is 11.8. The Bertz CT molecular complexity index is 619. The van der Waals surface area contributed by atoms with E-state index in [4.69, 9.17) is 5.11 Å². The summed E-state index contributed by atoms with van der Waals surface area (Å²) < 4.78 is 53.5. The van der Waals surface area contributed by atoms with E-state index >= 15 is 0 Å². The molecule has 0 aliphatic carbocycles. The van der Waals surface area contributed by atoms with Gasteiger partial charge in [0.2, 0.25) is 0 Å². The summed E-state index contributed by atoms with van der Waals surface area (Å²) in [5.74, 6) is -0.897. The molecule has 0 saturated heterocycles. The fourth-order valence-corrected chi connectivity index (χ4v) is 2.18. The number of aliphatic hydroxyl groups excluding tert-OH is 1. The number of aliphatic hydroxyl groups is 1. The zero-order valence-corrected chi connectivity index (χ0v) is 10.8. The molecule has 7 heteroatoms. The molecule has 110 valence electrons. The van der Waals surface area contributed by atoms with Crippen molar-refractivity contribution in [1.29, 1.82) is 0 Å². The largest absolute Gasteiger partial charge is 0.416 e. The van der Waals surface area contributed by atoms with E-state index in [0.29, 0.717) is 18.2 Å². The molecule has 0 aliphatic heterocycles. The third-order valence-corrected chi connectivity index (χ3v) is 3.04. The topological polar surface area (TPSA) is 37.2 Å². The van der Waals surface area contributed by atoms with Crippen LogP contribution in [0.3, 0.4) is 0 Å². The number of fused-ring (bicyclic) bond motifs is 1. The van der Waals surface area contributed by atoms with Gasteiger partial charge in [0.25, 0.3) is 0 Å². The highest BCUT2D eigenvalue weighted by atomic mass is 19.4. The molecule has 0 aliphatic rings. The van der Waals surface area contributed by atoms with Gasteiger partial charge in [0.05, 0.1) is 17.7 Å². The molecular weight excluding hydrogens is 276 g/mol. The quantitative estimate of drug-likeness (QED) is 0.670. The number of alkyl halides is 3. The number of hydrogen-bond donors (Lipinski definition) is 2. The minimum atomic E-state index is -4.58. The maximum Gasteiger partial charge on any atom is 0.416 e. The van der Waals surface area contributed by atoms with Gasteiger partial charge in [0, 0.05) is 31.7 Å². The number of hydrogen-bond acceptors (Lipinski definition) is 2. The van der Waals surface area contributed by atoms with Crippen LogP contribution in [-0.2, 0) is 19.8 Å². The first-order chi connectivity index (χ1) is 9.34. The highest BCUT2D eigenvalue weighted by molar-refractivity contribution is 5.85. The van der Waals surface area contributed by atoms with Crippen LogP contribution in [0.5, 0.6) is 0 Å². The molecule has 0 spiro atoms. The molecule has 0 amide bonds. The number of nitrogens with one attached hydrogen (secondary N) is 1. The van der Waals surface area contributed by atoms with E-state index in [0.717, 1.165) is 6.07 Å². The minimum absolute atomic E-state index is 0.0765. The molecule has 2 aromatic rings. The van der Waals surface area contributed by atoms with Gasteiger partial charge in [-0.2, -0.15) is 13.2 Å². The highest BCUT2D eigenvalue weighted by Gasteiger charge is 2.32. The molecule has 1 heterocycles. The third kappa shape index (κ3) is 2.78. The first kappa shape index (κ1) is 14.8. The van der Waals surface area contributed by atoms with Crippen LogP contribution in [0.15, 0.2) is 18.3 Å². The van der Waals surface area contributed by atoms with E-state index in [-0.39, 0.29) is 24.1 Å². The number of aryl methyl sites for hydroxylation is 1. The Morgan fingerprint density at radius 1 is 1.30 bits per heavy atom. The Morgan fingerprint density at radius 3 is 2.60 bits per heavy atom. The summed E-state index contributed by atoms with van der Waals surface area (Å²) in [6.07, 6.45) is -3.00. The first-order valence-electron chi connectivity index (χ1n) is 6.01. The Hall–Kier alpha value is -1.60. The first-order valence-corrected chi connectivity index (χ1v) is 6.01. The van der Waals surface area contributed by atoms with Crippen molar-refractivity contribution in [2.24, 2.45) is 7.05 Å².